The van der Waals surface area contributed by atoms with Gasteiger partial charge in [0.15, 0.2) is 0 Å². The molecule has 1 saturated heterocycles. The molecule has 0 spiro atoms. The van der Waals surface area contributed by atoms with Crippen LogP contribution in [0.2, 0.25) is 0 Å². The molecule has 1 aliphatic heterocycles. The van der Waals surface area contributed by atoms with Crippen LogP contribution in [0.1, 0.15) is 29.2 Å². The Morgan fingerprint density at radius 1 is 0.917 bits per heavy atom. The van der Waals surface area contributed by atoms with E-state index in [-0.39, 0.29) is 11.3 Å². The van der Waals surface area contributed by atoms with Gasteiger partial charge in [-0.2, -0.15) is 0 Å². The van der Waals surface area contributed by atoms with Crippen LogP contribution in [0.5, 0.6) is 11.5 Å². The van der Waals surface area contributed by atoms with Crippen LogP contribution in [0.15, 0.2) is 84.4 Å². The number of rotatable bonds is 10. The molecule has 1 N–H and O–H groups in total. The number of carbonyl (C=O) groups is 2. The number of aliphatic hydroxyl groups excluding tert-OH is 1. The monoisotopic (exact) mass is 487 g/mol. The molecule has 1 heterocycles. The smallest absolute Gasteiger partial charge is 0.295 e. The summed E-state index contributed by atoms with van der Waals surface area (Å²) in [4.78, 5) is 27.7. The molecule has 0 aromatic heterocycles. The highest BCUT2D eigenvalue weighted by Gasteiger charge is 2.45. The van der Waals surface area contributed by atoms with E-state index < -0.39 is 17.7 Å². The zero-order chi connectivity index (χ0) is 25.5. The first-order valence-electron chi connectivity index (χ1n) is 11.7. The van der Waals surface area contributed by atoms with E-state index in [4.69, 9.17) is 14.2 Å². The van der Waals surface area contributed by atoms with Crippen molar-refractivity contribution in [2.75, 3.05) is 27.4 Å². The van der Waals surface area contributed by atoms with Crippen molar-refractivity contribution in [3.63, 3.8) is 0 Å². The maximum Gasteiger partial charge on any atom is 0.295 e. The first kappa shape index (κ1) is 25.0. The van der Waals surface area contributed by atoms with Gasteiger partial charge in [-0.3, -0.25) is 9.59 Å². The van der Waals surface area contributed by atoms with Crippen LogP contribution in [0.4, 0.5) is 0 Å². The van der Waals surface area contributed by atoms with Crippen LogP contribution in [-0.4, -0.2) is 49.1 Å². The molecule has 1 aliphatic rings. The van der Waals surface area contributed by atoms with Crippen LogP contribution < -0.4 is 9.47 Å². The van der Waals surface area contributed by atoms with Crippen molar-refractivity contribution >= 4 is 17.4 Å². The Bertz CT molecular complexity index is 1240. The Hall–Kier alpha value is -4.10. The molecule has 1 unspecified atom stereocenters. The van der Waals surface area contributed by atoms with E-state index >= 15 is 0 Å². The van der Waals surface area contributed by atoms with Gasteiger partial charge in [0.2, 0.25) is 0 Å². The van der Waals surface area contributed by atoms with Crippen LogP contribution >= 0.6 is 0 Å². The highest BCUT2D eigenvalue weighted by Crippen LogP contribution is 2.40. The third kappa shape index (κ3) is 5.42. The molecule has 7 heteroatoms. The fourth-order valence-electron chi connectivity index (χ4n) is 4.26. The molecular formula is C29H29NO6. The first-order chi connectivity index (χ1) is 17.5. The highest BCUT2D eigenvalue weighted by atomic mass is 16.5. The lowest BCUT2D eigenvalue weighted by molar-refractivity contribution is -0.140. The molecule has 1 fully saturated rings. The third-order valence-corrected chi connectivity index (χ3v) is 6.07. The summed E-state index contributed by atoms with van der Waals surface area (Å²) in [7, 11) is 3.14. The molecule has 0 bridgehead atoms. The van der Waals surface area contributed by atoms with Gasteiger partial charge in [-0.05, 0) is 53.9 Å². The molecule has 36 heavy (non-hydrogen) atoms. The molecule has 1 atom stereocenters. The molecule has 4 rings (SSSR count). The number of methoxy groups -OCH3 is 2. The van der Waals surface area contributed by atoms with Crippen molar-refractivity contribution < 1.29 is 28.9 Å². The number of carbonyl (C=O) groups excluding carboxylic acids is 2. The van der Waals surface area contributed by atoms with Gasteiger partial charge in [0.1, 0.15) is 23.9 Å². The number of nitrogens with zero attached hydrogens (tertiary/aromatic N) is 1. The first-order valence-corrected chi connectivity index (χ1v) is 11.7. The maximum absolute atomic E-state index is 13.2. The fourth-order valence-corrected chi connectivity index (χ4v) is 4.26. The Kier molecular flexibility index (Phi) is 8.02. The summed E-state index contributed by atoms with van der Waals surface area (Å²) < 4.78 is 16.3. The predicted molar refractivity (Wildman–Crippen MR) is 136 cm³/mol. The number of hydrogen-bond acceptors (Lipinski definition) is 6. The van der Waals surface area contributed by atoms with Crippen LogP contribution in [0.3, 0.4) is 0 Å². The van der Waals surface area contributed by atoms with Gasteiger partial charge in [-0.25, -0.2) is 0 Å². The van der Waals surface area contributed by atoms with Crippen LogP contribution in [0.25, 0.3) is 5.76 Å². The Morgan fingerprint density at radius 2 is 1.67 bits per heavy atom. The summed E-state index contributed by atoms with van der Waals surface area (Å²) in [6, 6.07) is 23.0. The van der Waals surface area contributed by atoms with Crippen LogP contribution in [-0.2, 0) is 20.9 Å². The Labute approximate surface area is 210 Å². The molecular weight excluding hydrogens is 458 g/mol. The van der Waals surface area contributed by atoms with Crippen LogP contribution in [0, 0.1) is 0 Å². The standard InChI is InChI=1S/C29H29NO6/c1-34-17-7-16-30-26(22-10-6-11-24(18-22)36-19-20-8-4-3-5-9-20)25(28(32)29(30)33)27(31)21-12-14-23(35-2)15-13-21/h3-6,8-15,18,26,31H,7,16-17,19H2,1-2H3/b27-25-. The SMILES string of the molecule is COCCCN1C(=O)C(=O)/C(=C(\O)c2ccc(OC)cc2)C1c1cccc(OCc2ccccc2)c1. The summed E-state index contributed by atoms with van der Waals surface area (Å²) in [5, 5.41) is 11.2. The minimum Gasteiger partial charge on any atom is -0.507 e. The minimum atomic E-state index is -0.760. The van der Waals surface area contributed by atoms with Crippen molar-refractivity contribution in [1.82, 2.24) is 4.90 Å². The molecule has 1 amide bonds. The van der Waals surface area contributed by atoms with E-state index in [9.17, 15) is 14.7 Å². The number of ketones is 1. The normalized spacial score (nSPS) is 16.8. The summed E-state index contributed by atoms with van der Waals surface area (Å²) >= 11 is 0. The average Bonchev–Trinajstić information content (AvgIpc) is 3.17. The second kappa shape index (κ2) is 11.6. The van der Waals surface area contributed by atoms with Crippen molar-refractivity contribution in [3.8, 4) is 11.5 Å². The summed E-state index contributed by atoms with van der Waals surface area (Å²) in [6.07, 6.45) is 0.548. The van der Waals surface area contributed by atoms with Gasteiger partial charge in [0.25, 0.3) is 11.7 Å². The number of likely N-dealkylation sites (tertiary alicyclic amines) is 1. The van der Waals surface area contributed by atoms with E-state index in [0.29, 0.717) is 48.8 Å². The molecule has 0 aliphatic carbocycles. The number of Topliss-reactive ketones (excluding diaryl/α,β-unsaturated/α-hetero) is 1. The van der Waals surface area contributed by atoms with E-state index in [2.05, 4.69) is 0 Å². The maximum atomic E-state index is 13.2. The number of ether oxygens (including phenoxy) is 3. The fraction of sp³-hybridized carbons (Fsp3) is 0.241. The van der Waals surface area contributed by atoms with Crippen molar-refractivity contribution in [2.24, 2.45) is 0 Å². The van der Waals surface area contributed by atoms with Gasteiger partial charge in [0.05, 0.1) is 18.7 Å². The van der Waals surface area contributed by atoms with Gasteiger partial charge >= 0.3 is 0 Å². The Morgan fingerprint density at radius 3 is 2.36 bits per heavy atom. The summed E-state index contributed by atoms with van der Waals surface area (Å²) in [6.45, 7) is 1.12. The lowest BCUT2D eigenvalue weighted by Crippen LogP contribution is -2.31. The zero-order valence-corrected chi connectivity index (χ0v) is 20.3. The Balaban J connectivity index is 1.71. The molecule has 3 aromatic rings. The van der Waals surface area contributed by atoms with E-state index in [0.717, 1.165) is 5.56 Å². The van der Waals surface area contributed by atoms with Crippen molar-refractivity contribution in [3.05, 3.63) is 101 Å². The topological polar surface area (TPSA) is 85.3 Å². The van der Waals surface area contributed by atoms with E-state index in [1.165, 1.54) is 4.90 Å². The molecule has 0 radical (unpaired) electrons. The lowest BCUT2D eigenvalue weighted by atomic mass is 9.95. The predicted octanol–water partition coefficient (Wildman–Crippen LogP) is 4.73. The zero-order valence-electron chi connectivity index (χ0n) is 20.3. The van der Waals surface area contributed by atoms with Gasteiger partial charge in [-0.1, -0.05) is 42.5 Å². The third-order valence-electron chi connectivity index (χ3n) is 6.07. The minimum absolute atomic E-state index is 0.0443. The van der Waals surface area contributed by atoms with Crippen molar-refractivity contribution in [2.45, 2.75) is 19.1 Å². The van der Waals surface area contributed by atoms with Gasteiger partial charge in [0, 0.05) is 25.8 Å². The molecule has 7 nitrogen and oxygen atoms in total. The van der Waals surface area contributed by atoms with E-state index in [1.807, 2.05) is 54.6 Å². The second-order valence-electron chi connectivity index (χ2n) is 8.41. The van der Waals surface area contributed by atoms with Gasteiger partial charge in [-0.15, -0.1) is 0 Å². The number of benzene rings is 3. The molecule has 186 valence electrons. The van der Waals surface area contributed by atoms with Gasteiger partial charge < -0.3 is 24.2 Å². The largest absolute Gasteiger partial charge is 0.507 e. The second-order valence-corrected chi connectivity index (χ2v) is 8.41. The van der Waals surface area contributed by atoms with Crippen molar-refractivity contribution in [1.29, 1.82) is 0 Å². The summed E-state index contributed by atoms with van der Waals surface area (Å²) in [5.74, 6) is -0.386. The number of aliphatic hydroxyl groups is 1. The number of hydrogen-bond donors (Lipinski definition) is 1. The molecule has 3 aromatic carbocycles. The number of amides is 1. The highest BCUT2D eigenvalue weighted by molar-refractivity contribution is 6.46. The lowest BCUT2D eigenvalue weighted by Gasteiger charge is -2.25. The molecule has 0 saturated carbocycles. The average molecular weight is 488 g/mol. The summed E-state index contributed by atoms with van der Waals surface area (Å²) in [5.41, 5.74) is 2.16. The quantitative estimate of drug-likeness (QED) is 0.193. The van der Waals surface area contributed by atoms with E-state index in [1.54, 1.807) is 38.5 Å².